The summed E-state index contributed by atoms with van der Waals surface area (Å²) in [6.45, 7) is 3.35. The zero-order chi connectivity index (χ0) is 13.2. The number of hydrogen-bond donors (Lipinski definition) is 1. The summed E-state index contributed by atoms with van der Waals surface area (Å²) in [5.41, 5.74) is 1.43. The average molecular weight is 259 g/mol. The maximum absolute atomic E-state index is 5.26. The van der Waals surface area contributed by atoms with E-state index in [1.807, 2.05) is 0 Å². The highest BCUT2D eigenvalue weighted by Crippen LogP contribution is 2.57. The first-order chi connectivity index (χ1) is 9.31. The van der Waals surface area contributed by atoms with Gasteiger partial charge in [-0.2, -0.15) is 0 Å². The minimum absolute atomic E-state index is 0.540. The second-order valence-corrected chi connectivity index (χ2v) is 6.19. The number of nitrogens with one attached hydrogen (secondary N) is 1. The van der Waals surface area contributed by atoms with Gasteiger partial charge < -0.3 is 10.1 Å². The molecule has 104 valence electrons. The van der Waals surface area contributed by atoms with Gasteiger partial charge in [-0.3, -0.25) is 0 Å². The van der Waals surface area contributed by atoms with E-state index >= 15 is 0 Å². The number of benzene rings is 1. The Kier molecular flexibility index (Phi) is 3.79. The third-order valence-electron chi connectivity index (χ3n) is 4.84. The Morgan fingerprint density at radius 3 is 2.42 bits per heavy atom. The fourth-order valence-electron chi connectivity index (χ4n) is 3.70. The van der Waals surface area contributed by atoms with Gasteiger partial charge in [0.1, 0.15) is 5.75 Å². The van der Waals surface area contributed by atoms with Crippen molar-refractivity contribution in [1.82, 2.24) is 5.32 Å². The molecule has 1 aromatic rings. The molecular weight excluding hydrogens is 234 g/mol. The van der Waals surface area contributed by atoms with Crippen LogP contribution in [0.15, 0.2) is 24.3 Å². The van der Waals surface area contributed by atoms with Crippen molar-refractivity contribution in [2.45, 2.75) is 38.6 Å². The normalized spacial score (nSPS) is 29.9. The fourth-order valence-corrected chi connectivity index (χ4v) is 3.70. The highest BCUT2D eigenvalue weighted by molar-refractivity contribution is 5.30. The average Bonchev–Trinajstić information content (AvgIpc) is 3.07. The molecule has 0 radical (unpaired) electrons. The number of hydrogen-bond acceptors (Lipinski definition) is 2. The van der Waals surface area contributed by atoms with Gasteiger partial charge in [0.05, 0.1) is 7.11 Å². The zero-order valence-electron chi connectivity index (χ0n) is 12.1. The molecule has 2 fully saturated rings. The second-order valence-electron chi connectivity index (χ2n) is 6.19. The van der Waals surface area contributed by atoms with Gasteiger partial charge in [0, 0.05) is 6.04 Å². The molecule has 2 saturated carbocycles. The molecule has 3 atom stereocenters. The molecule has 0 aromatic heterocycles. The predicted octanol–water partition coefficient (Wildman–Crippen LogP) is 3.78. The highest BCUT2D eigenvalue weighted by atomic mass is 16.5. The van der Waals surface area contributed by atoms with E-state index in [0.29, 0.717) is 6.04 Å². The van der Waals surface area contributed by atoms with Crippen LogP contribution in [0.5, 0.6) is 5.75 Å². The lowest BCUT2D eigenvalue weighted by molar-refractivity contribution is 0.341. The molecule has 2 nitrogen and oxygen atoms in total. The van der Waals surface area contributed by atoms with Crippen LogP contribution >= 0.6 is 0 Å². The predicted molar refractivity (Wildman–Crippen MR) is 78.3 cm³/mol. The Hall–Kier alpha value is -1.02. The molecule has 0 aliphatic heterocycles. The molecule has 0 bridgehead atoms. The number of methoxy groups -OCH3 is 1. The van der Waals surface area contributed by atoms with E-state index in [0.717, 1.165) is 30.0 Å². The molecule has 3 rings (SSSR count). The minimum atomic E-state index is 0.540. The monoisotopic (exact) mass is 259 g/mol. The fraction of sp³-hybridized carbons (Fsp3) is 0.647. The van der Waals surface area contributed by atoms with Crippen molar-refractivity contribution in [2.75, 3.05) is 13.7 Å². The molecule has 0 saturated heterocycles. The maximum atomic E-state index is 5.26. The summed E-state index contributed by atoms with van der Waals surface area (Å²) in [7, 11) is 1.73. The lowest BCUT2D eigenvalue weighted by Gasteiger charge is -2.26. The molecule has 1 N–H and O–H groups in total. The van der Waals surface area contributed by atoms with Gasteiger partial charge in [-0.15, -0.1) is 0 Å². The molecule has 0 amide bonds. The zero-order valence-corrected chi connectivity index (χ0v) is 12.1. The van der Waals surface area contributed by atoms with Crippen molar-refractivity contribution in [1.29, 1.82) is 0 Å². The van der Waals surface area contributed by atoms with Crippen LogP contribution in [0.2, 0.25) is 0 Å². The summed E-state index contributed by atoms with van der Waals surface area (Å²) in [5.74, 6) is 3.89. The SMILES string of the molecule is CCCNC(c1ccc(OC)cc1)C1CC2CC2C1. The van der Waals surface area contributed by atoms with Crippen molar-refractivity contribution < 1.29 is 4.74 Å². The quantitative estimate of drug-likeness (QED) is 0.839. The van der Waals surface area contributed by atoms with Crippen molar-refractivity contribution in [3.05, 3.63) is 29.8 Å². The Bertz CT molecular complexity index is 404. The van der Waals surface area contributed by atoms with E-state index in [4.69, 9.17) is 4.74 Å². The minimum Gasteiger partial charge on any atom is -0.497 e. The lowest BCUT2D eigenvalue weighted by Crippen LogP contribution is -2.28. The van der Waals surface area contributed by atoms with Crippen LogP contribution in [0.3, 0.4) is 0 Å². The molecule has 19 heavy (non-hydrogen) atoms. The molecule has 2 aliphatic carbocycles. The van der Waals surface area contributed by atoms with Crippen LogP contribution in [-0.2, 0) is 0 Å². The smallest absolute Gasteiger partial charge is 0.118 e. The van der Waals surface area contributed by atoms with E-state index in [-0.39, 0.29) is 0 Å². The van der Waals surface area contributed by atoms with Gasteiger partial charge in [0.25, 0.3) is 0 Å². The highest BCUT2D eigenvalue weighted by Gasteiger charge is 2.47. The first-order valence-electron chi connectivity index (χ1n) is 7.69. The maximum Gasteiger partial charge on any atom is 0.118 e. The summed E-state index contributed by atoms with van der Waals surface area (Å²) >= 11 is 0. The van der Waals surface area contributed by atoms with Crippen molar-refractivity contribution in [3.8, 4) is 5.75 Å². The largest absolute Gasteiger partial charge is 0.497 e. The van der Waals surface area contributed by atoms with Gasteiger partial charge in [-0.1, -0.05) is 19.1 Å². The Morgan fingerprint density at radius 1 is 1.16 bits per heavy atom. The van der Waals surface area contributed by atoms with E-state index in [1.54, 1.807) is 7.11 Å². The third-order valence-corrected chi connectivity index (χ3v) is 4.84. The third kappa shape index (κ3) is 2.79. The summed E-state index contributed by atoms with van der Waals surface area (Å²) in [6, 6.07) is 9.18. The summed E-state index contributed by atoms with van der Waals surface area (Å²) < 4.78 is 5.26. The van der Waals surface area contributed by atoms with E-state index in [9.17, 15) is 0 Å². The molecule has 1 aromatic carbocycles. The standard InChI is InChI=1S/C17H25NO/c1-3-8-18-17(15-10-13-9-14(13)11-15)12-4-6-16(19-2)7-5-12/h4-7,13-15,17-18H,3,8-11H2,1-2H3. The van der Waals surface area contributed by atoms with Gasteiger partial charge in [0.2, 0.25) is 0 Å². The van der Waals surface area contributed by atoms with Crippen molar-refractivity contribution >= 4 is 0 Å². The van der Waals surface area contributed by atoms with Crippen molar-refractivity contribution in [2.24, 2.45) is 17.8 Å². The van der Waals surface area contributed by atoms with E-state index in [2.05, 4.69) is 36.5 Å². The van der Waals surface area contributed by atoms with Gasteiger partial charge in [-0.25, -0.2) is 0 Å². The number of rotatable bonds is 6. The van der Waals surface area contributed by atoms with Crippen LogP contribution in [0, 0.1) is 17.8 Å². The summed E-state index contributed by atoms with van der Waals surface area (Å²) in [5, 5.41) is 3.77. The Labute approximate surface area is 116 Å². The van der Waals surface area contributed by atoms with Crippen LogP contribution in [0.4, 0.5) is 0 Å². The Balaban J connectivity index is 1.72. The second kappa shape index (κ2) is 5.54. The van der Waals surface area contributed by atoms with E-state index in [1.165, 1.54) is 31.2 Å². The number of fused-ring (bicyclic) bond motifs is 1. The number of ether oxygens (including phenoxy) is 1. The molecule has 2 aliphatic rings. The van der Waals surface area contributed by atoms with Gasteiger partial charge in [0.15, 0.2) is 0 Å². The Morgan fingerprint density at radius 2 is 1.84 bits per heavy atom. The molecule has 2 heteroatoms. The van der Waals surface area contributed by atoms with Crippen LogP contribution in [0.25, 0.3) is 0 Å². The molecule has 0 spiro atoms. The first-order valence-corrected chi connectivity index (χ1v) is 7.69. The lowest BCUT2D eigenvalue weighted by atomic mass is 9.89. The van der Waals surface area contributed by atoms with E-state index < -0.39 is 0 Å². The molecule has 0 heterocycles. The molecular formula is C17H25NO. The topological polar surface area (TPSA) is 21.3 Å². The summed E-state index contributed by atoms with van der Waals surface area (Å²) in [6.07, 6.45) is 5.56. The first kappa shape index (κ1) is 13.0. The summed E-state index contributed by atoms with van der Waals surface area (Å²) in [4.78, 5) is 0. The van der Waals surface area contributed by atoms with Gasteiger partial charge in [-0.05, 0) is 67.7 Å². The van der Waals surface area contributed by atoms with Crippen LogP contribution < -0.4 is 10.1 Å². The van der Waals surface area contributed by atoms with Crippen LogP contribution in [-0.4, -0.2) is 13.7 Å². The molecule has 3 unspecified atom stereocenters. The van der Waals surface area contributed by atoms with Crippen LogP contribution in [0.1, 0.15) is 44.2 Å². The van der Waals surface area contributed by atoms with Crippen molar-refractivity contribution in [3.63, 3.8) is 0 Å². The van der Waals surface area contributed by atoms with Gasteiger partial charge >= 0.3 is 0 Å².